The van der Waals surface area contributed by atoms with Gasteiger partial charge in [0.15, 0.2) is 0 Å². The fraction of sp³-hybridized carbons (Fsp3) is 0.353. The Balaban J connectivity index is 0.00000176. The van der Waals surface area contributed by atoms with Crippen molar-refractivity contribution in [1.82, 2.24) is 4.90 Å². The van der Waals surface area contributed by atoms with Crippen LogP contribution >= 0.6 is 23.7 Å². The number of hydrogen-bond acceptors (Lipinski definition) is 3. The molecule has 0 radical (unpaired) electrons. The topological polar surface area (TPSA) is 46.3 Å². The molecule has 118 valence electrons. The zero-order valence-electron chi connectivity index (χ0n) is 12.4. The second-order valence-corrected chi connectivity index (χ2v) is 6.28. The molecule has 2 N–H and O–H groups in total. The highest BCUT2D eigenvalue weighted by Crippen LogP contribution is 2.33. The Morgan fingerprint density at radius 1 is 1.32 bits per heavy atom. The van der Waals surface area contributed by atoms with Gasteiger partial charge in [0.1, 0.15) is 0 Å². The Morgan fingerprint density at radius 2 is 2.14 bits per heavy atom. The summed E-state index contributed by atoms with van der Waals surface area (Å²) in [6, 6.07) is 10.2. The van der Waals surface area contributed by atoms with E-state index in [1.807, 2.05) is 29.2 Å². The summed E-state index contributed by atoms with van der Waals surface area (Å²) >= 11 is 1.70. The van der Waals surface area contributed by atoms with Crippen LogP contribution in [0.1, 0.15) is 36.4 Å². The summed E-state index contributed by atoms with van der Waals surface area (Å²) in [5.41, 5.74) is 9.07. The molecule has 1 aromatic carbocycles. The summed E-state index contributed by atoms with van der Waals surface area (Å²) in [4.78, 5) is 14.6. The van der Waals surface area contributed by atoms with Crippen molar-refractivity contribution in [3.8, 4) is 0 Å². The summed E-state index contributed by atoms with van der Waals surface area (Å²) in [6.07, 6.45) is 3.43. The van der Waals surface area contributed by atoms with Gasteiger partial charge < -0.3 is 10.6 Å². The van der Waals surface area contributed by atoms with Gasteiger partial charge in [0.25, 0.3) is 0 Å². The highest BCUT2D eigenvalue weighted by Gasteiger charge is 2.29. The average Bonchev–Trinajstić information content (AvgIpc) is 3.16. The van der Waals surface area contributed by atoms with Gasteiger partial charge in [-0.1, -0.05) is 18.2 Å². The maximum atomic E-state index is 12.5. The van der Waals surface area contributed by atoms with Gasteiger partial charge >= 0.3 is 0 Å². The molecule has 1 saturated heterocycles. The molecule has 2 heterocycles. The first kappa shape index (κ1) is 16.8. The largest absolute Gasteiger partial charge is 0.399 e. The lowest BCUT2D eigenvalue weighted by Crippen LogP contribution is -2.30. The van der Waals surface area contributed by atoms with Crippen LogP contribution in [0.15, 0.2) is 41.1 Å². The number of aryl methyl sites for hydroxylation is 1. The standard InChI is InChI=1S/C17H20N2OS.ClH/c18-15-5-2-1-4-13(15)7-8-17(20)19-10-3-6-16(19)14-9-11-21-12-14;/h1-2,4-5,9,11-12,16H,3,6-8,10,18H2;1H. The Hall–Kier alpha value is -1.52. The maximum absolute atomic E-state index is 12.5. The molecule has 2 aromatic rings. The number of nitrogen functional groups attached to an aromatic ring is 1. The highest BCUT2D eigenvalue weighted by molar-refractivity contribution is 7.07. The molecule has 0 bridgehead atoms. The average molecular weight is 337 g/mol. The van der Waals surface area contributed by atoms with E-state index in [0.717, 1.165) is 37.1 Å². The van der Waals surface area contributed by atoms with Crippen molar-refractivity contribution in [1.29, 1.82) is 0 Å². The van der Waals surface area contributed by atoms with E-state index in [1.54, 1.807) is 11.3 Å². The molecular weight excluding hydrogens is 316 g/mol. The molecule has 0 spiro atoms. The molecular formula is C17H21ClN2OS. The van der Waals surface area contributed by atoms with Gasteiger partial charge in [0.05, 0.1) is 6.04 Å². The monoisotopic (exact) mass is 336 g/mol. The first-order valence-corrected chi connectivity index (χ1v) is 8.35. The number of thiophene rings is 1. The molecule has 3 nitrogen and oxygen atoms in total. The van der Waals surface area contributed by atoms with E-state index in [2.05, 4.69) is 16.8 Å². The third-order valence-electron chi connectivity index (χ3n) is 4.16. The number of nitrogens with zero attached hydrogens (tertiary/aromatic N) is 1. The molecule has 1 aromatic heterocycles. The molecule has 0 aliphatic carbocycles. The summed E-state index contributed by atoms with van der Waals surface area (Å²) < 4.78 is 0. The summed E-state index contributed by atoms with van der Waals surface area (Å²) in [6.45, 7) is 0.879. The second-order valence-electron chi connectivity index (χ2n) is 5.50. The molecule has 1 atom stereocenters. The smallest absolute Gasteiger partial charge is 0.223 e. The fourth-order valence-electron chi connectivity index (χ4n) is 3.02. The van der Waals surface area contributed by atoms with Crippen LogP contribution in [-0.2, 0) is 11.2 Å². The number of rotatable bonds is 4. The number of likely N-dealkylation sites (tertiary alicyclic amines) is 1. The molecule has 1 aliphatic heterocycles. The normalized spacial score (nSPS) is 17.3. The van der Waals surface area contributed by atoms with Gasteiger partial charge in [-0.25, -0.2) is 0 Å². The molecule has 1 aliphatic rings. The molecule has 1 amide bonds. The van der Waals surface area contributed by atoms with Crippen molar-refractivity contribution in [2.45, 2.75) is 31.7 Å². The van der Waals surface area contributed by atoms with Gasteiger partial charge in [0.2, 0.25) is 5.91 Å². The zero-order chi connectivity index (χ0) is 14.7. The predicted octanol–water partition coefficient (Wildman–Crippen LogP) is 4.05. The minimum atomic E-state index is 0. The SMILES string of the molecule is Cl.Nc1ccccc1CCC(=O)N1CCCC1c1ccsc1. The van der Waals surface area contributed by atoms with E-state index >= 15 is 0 Å². The number of carbonyl (C=O) groups excluding carboxylic acids is 1. The van der Waals surface area contributed by atoms with Crippen molar-refractivity contribution < 1.29 is 4.79 Å². The molecule has 3 rings (SSSR count). The first-order chi connectivity index (χ1) is 10.3. The van der Waals surface area contributed by atoms with Gasteiger partial charge in [0, 0.05) is 18.7 Å². The highest BCUT2D eigenvalue weighted by atomic mass is 35.5. The van der Waals surface area contributed by atoms with Crippen molar-refractivity contribution in [3.63, 3.8) is 0 Å². The molecule has 22 heavy (non-hydrogen) atoms. The van der Waals surface area contributed by atoms with E-state index in [1.165, 1.54) is 5.56 Å². The van der Waals surface area contributed by atoms with Gasteiger partial charge in [-0.2, -0.15) is 11.3 Å². The van der Waals surface area contributed by atoms with E-state index in [-0.39, 0.29) is 24.4 Å². The number of para-hydroxylation sites is 1. The van der Waals surface area contributed by atoms with Gasteiger partial charge in [-0.15, -0.1) is 12.4 Å². The van der Waals surface area contributed by atoms with Crippen molar-refractivity contribution in [2.24, 2.45) is 0 Å². The molecule has 5 heteroatoms. The van der Waals surface area contributed by atoms with Crippen LogP contribution in [0, 0.1) is 0 Å². The third kappa shape index (κ3) is 3.62. The number of nitrogens with two attached hydrogens (primary N) is 1. The zero-order valence-corrected chi connectivity index (χ0v) is 14.0. The Kier molecular flexibility index (Phi) is 5.86. The lowest BCUT2D eigenvalue weighted by atomic mass is 10.1. The number of halogens is 1. The van der Waals surface area contributed by atoms with Crippen LogP contribution in [0.2, 0.25) is 0 Å². The van der Waals surface area contributed by atoms with Crippen LogP contribution in [0.4, 0.5) is 5.69 Å². The third-order valence-corrected chi connectivity index (χ3v) is 4.87. The number of carbonyl (C=O) groups is 1. The first-order valence-electron chi connectivity index (χ1n) is 7.40. The van der Waals surface area contributed by atoms with Crippen LogP contribution in [0.3, 0.4) is 0 Å². The van der Waals surface area contributed by atoms with E-state index < -0.39 is 0 Å². The van der Waals surface area contributed by atoms with Crippen molar-refractivity contribution in [2.75, 3.05) is 12.3 Å². The van der Waals surface area contributed by atoms with E-state index in [0.29, 0.717) is 6.42 Å². The summed E-state index contributed by atoms with van der Waals surface area (Å²) in [7, 11) is 0. The van der Waals surface area contributed by atoms with E-state index in [9.17, 15) is 4.79 Å². The van der Waals surface area contributed by atoms with Gasteiger partial charge in [-0.05, 0) is 53.3 Å². The lowest BCUT2D eigenvalue weighted by molar-refractivity contribution is -0.132. The quantitative estimate of drug-likeness (QED) is 0.856. The van der Waals surface area contributed by atoms with Crippen LogP contribution < -0.4 is 5.73 Å². The van der Waals surface area contributed by atoms with Crippen LogP contribution in [0.5, 0.6) is 0 Å². The maximum Gasteiger partial charge on any atom is 0.223 e. The molecule has 1 unspecified atom stereocenters. The Bertz CT molecular complexity index is 615. The van der Waals surface area contributed by atoms with Crippen LogP contribution in [-0.4, -0.2) is 17.4 Å². The summed E-state index contributed by atoms with van der Waals surface area (Å²) in [5, 5.41) is 4.24. The van der Waals surface area contributed by atoms with E-state index in [4.69, 9.17) is 5.73 Å². The fourth-order valence-corrected chi connectivity index (χ4v) is 3.73. The molecule has 1 fully saturated rings. The second kappa shape index (κ2) is 7.65. The minimum Gasteiger partial charge on any atom is -0.399 e. The number of benzene rings is 1. The van der Waals surface area contributed by atoms with Crippen molar-refractivity contribution in [3.05, 3.63) is 52.2 Å². The summed E-state index contributed by atoms with van der Waals surface area (Å²) in [5.74, 6) is 0.243. The number of amides is 1. The molecule has 0 saturated carbocycles. The van der Waals surface area contributed by atoms with Crippen LogP contribution in [0.25, 0.3) is 0 Å². The van der Waals surface area contributed by atoms with Crippen molar-refractivity contribution >= 4 is 35.3 Å². The van der Waals surface area contributed by atoms with Gasteiger partial charge in [-0.3, -0.25) is 4.79 Å². The Labute approximate surface area is 141 Å². The Morgan fingerprint density at radius 3 is 2.86 bits per heavy atom. The lowest BCUT2D eigenvalue weighted by Gasteiger charge is -2.24. The minimum absolute atomic E-state index is 0. The number of anilines is 1. The number of hydrogen-bond donors (Lipinski definition) is 1. The predicted molar refractivity (Wildman–Crippen MR) is 94.4 cm³/mol.